The second-order valence-electron chi connectivity index (χ2n) is 9.27. The van der Waals surface area contributed by atoms with Gasteiger partial charge in [0.05, 0.1) is 30.8 Å². The predicted molar refractivity (Wildman–Crippen MR) is 133 cm³/mol. The summed E-state index contributed by atoms with van der Waals surface area (Å²) in [5, 5.41) is 9.60. The van der Waals surface area contributed by atoms with Gasteiger partial charge in [0.2, 0.25) is 11.8 Å². The summed E-state index contributed by atoms with van der Waals surface area (Å²) in [5.41, 5.74) is 4.52. The minimum Gasteiger partial charge on any atom is -0.368 e. The molecule has 0 aliphatic carbocycles. The second kappa shape index (κ2) is 9.19. The molecule has 1 unspecified atom stereocenters. The third kappa shape index (κ3) is 3.93. The van der Waals surface area contributed by atoms with Crippen LogP contribution in [0.15, 0.2) is 55.5 Å². The monoisotopic (exact) mass is 485 g/mol. The molecule has 4 aromatic rings. The first-order valence-electron chi connectivity index (χ1n) is 12.2. The van der Waals surface area contributed by atoms with Gasteiger partial charge in [0.1, 0.15) is 11.8 Å². The molecular weight excluding hydrogens is 458 g/mol. The van der Waals surface area contributed by atoms with Crippen molar-refractivity contribution in [2.75, 3.05) is 32.8 Å². The number of nitrogens with zero attached hydrogens (tertiary/aromatic N) is 6. The highest BCUT2D eigenvalue weighted by molar-refractivity contribution is 5.97. The highest BCUT2D eigenvalue weighted by atomic mass is 16.5. The highest BCUT2D eigenvalue weighted by Crippen LogP contribution is 2.33. The number of hydrogen-bond donors (Lipinski definition) is 1. The molecule has 6 heterocycles. The molecule has 10 heteroatoms. The Hall–Kier alpha value is -4.05. The number of carbonyl (C=O) groups is 2. The van der Waals surface area contributed by atoms with Crippen molar-refractivity contribution in [2.45, 2.75) is 18.9 Å². The quantitative estimate of drug-likeness (QED) is 0.445. The van der Waals surface area contributed by atoms with Crippen LogP contribution >= 0.6 is 0 Å². The van der Waals surface area contributed by atoms with Gasteiger partial charge in [-0.25, -0.2) is 4.98 Å². The number of aromatic amines is 1. The van der Waals surface area contributed by atoms with E-state index in [1.165, 1.54) is 6.08 Å². The van der Waals surface area contributed by atoms with E-state index in [1.807, 2.05) is 29.3 Å². The Bertz CT molecular complexity index is 1460. The van der Waals surface area contributed by atoms with Crippen LogP contribution in [0.1, 0.15) is 24.6 Å². The van der Waals surface area contributed by atoms with Crippen LogP contribution in [0.25, 0.3) is 27.7 Å². The summed E-state index contributed by atoms with van der Waals surface area (Å²) in [7, 11) is 0. The number of nitrogens with one attached hydrogen (secondary N) is 1. The van der Waals surface area contributed by atoms with Crippen molar-refractivity contribution in [2.24, 2.45) is 5.92 Å². The number of rotatable bonds is 4. The maximum atomic E-state index is 13.4. The predicted octanol–water partition coefficient (Wildman–Crippen LogP) is 2.60. The van der Waals surface area contributed by atoms with Gasteiger partial charge in [0, 0.05) is 48.7 Å². The van der Waals surface area contributed by atoms with Gasteiger partial charge in [-0.15, -0.1) is 0 Å². The van der Waals surface area contributed by atoms with Crippen LogP contribution in [0.5, 0.6) is 0 Å². The van der Waals surface area contributed by atoms with E-state index in [4.69, 9.17) is 4.74 Å². The van der Waals surface area contributed by atoms with Crippen LogP contribution in [-0.2, 0) is 14.3 Å². The lowest BCUT2D eigenvalue weighted by Gasteiger charge is -2.38. The Morgan fingerprint density at radius 2 is 2.03 bits per heavy atom. The fourth-order valence-electron chi connectivity index (χ4n) is 5.30. The molecule has 1 N–H and O–H groups in total. The van der Waals surface area contributed by atoms with Gasteiger partial charge in [0.25, 0.3) is 0 Å². The number of pyridine rings is 1. The topological polar surface area (TPSA) is 109 Å². The van der Waals surface area contributed by atoms with E-state index in [-0.39, 0.29) is 23.8 Å². The van der Waals surface area contributed by atoms with E-state index in [1.54, 1.807) is 21.9 Å². The smallest absolute Gasteiger partial charge is 0.245 e. The molecule has 0 radical (unpaired) electrons. The zero-order valence-corrected chi connectivity index (χ0v) is 19.8. The molecule has 0 bridgehead atoms. The molecule has 184 valence electrons. The van der Waals surface area contributed by atoms with Crippen molar-refractivity contribution < 1.29 is 14.3 Å². The van der Waals surface area contributed by atoms with E-state index >= 15 is 0 Å². The number of morpholine rings is 1. The third-order valence-corrected chi connectivity index (χ3v) is 7.13. The zero-order chi connectivity index (χ0) is 24.6. The van der Waals surface area contributed by atoms with E-state index in [9.17, 15) is 9.59 Å². The standard InChI is InChI=1S/C26H27N7O3/c1-2-24(34)31-10-4-5-17(15-31)26(35)32-11-12-36-23(16-32)21-13-19-18(7-9-27-25(19)30-21)20-14-29-33-22(20)6-3-8-28-33/h2-3,6-9,13-14,17,23H,1,4-5,10-12,15-16H2,(H,27,30)/t17-,23?/m0/s1. The Labute approximate surface area is 207 Å². The third-order valence-electron chi connectivity index (χ3n) is 7.13. The molecule has 2 saturated heterocycles. The van der Waals surface area contributed by atoms with E-state index in [0.717, 1.165) is 46.2 Å². The van der Waals surface area contributed by atoms with E-state index in [0.29, 0.717) is 32.8 Å². The molecular formula is C26H27N7O3. The summed E-state index contributed by atoms with van der Waals surface area (Å²) in [6.45, 7) is 6.14. The summed E-state index contributed by atoms with van der Waals surface area (Å²) >= 11 is 0. The van der Waals surface area contributed by atoms with E-state index in [2.05, 4.69) is 32.8 Å². The average Bonchev–Trinajstić information content (AvgIpc) is 3.57. The van der Waals surface area contributed by atoms with Crippen molar-refractivity contribution >= 4 is 28.4 Å². The fraction of sp³-hybridized carbons (Fsp3) is 0.346. The molecule has 2 aliphatic rings. The van der Waals surface area contributed by atoms with Crippen LogP contribution in [-0.4, -0.2) is 79.2 Å². The lowest BCUT2D eigenvalue weighted by Crippen LogP contribution is -2.49. The first-order chi connectivity index (χ1) is 17.6. The molecule has 4 aromatic heterocycles. The molecule has 2 fully saturated rings. The second-order valence-corrected chi connectivity index (χ2v) is 9.27. The van der Waals surface area contributed by atoms with E-state index < -0.39 is 0 Å². The summed E-state index contributed by atoms with van der Waals surface area (Å²) in [6, 6.07) is 7.90. The van der Waals surface area contributed by atoms with Crippen molar-refractivity contribution in [1.29, 1.82) is 0 Å². The molecule has 2 aliphatic heterocycles. The number of fused-ring (bicyclic) bond motifs is 2. The van der Waals surface area contributed by atoms with Gasteiger partial charge in [-0.1, -0.05) is 6.58 Å². The Morgan fingerprint density at radius 1 is 1.11 bits per heavy atom. The Balaban J connectivity index is 1.24. The van der Waals surface area contributed by atoms with Gasteiger partial charge < -0.3 is 19.5 Å². The van der Waals surface area contributed by atoms with Crippen LogP contribution in [0, 0.1) is 5.92 Å². The SMILES string of the molecule is C=CC(=O)N1CCC[C@H](C(=O)N2CCOC(c3cc4c(-c5cnn6ncccc56)ccnc4[nH]3)C2)C1. The fourth-order valence-corrected chi connectivity index (χ4v) is 5.30. The van der Waals surface area contributed by atoms with Crippen molar-refractivity contribution in [3.63, 3.8) is 0 Å². The maximum Gasteiger partial charge on any atom is 0.245 e. The van der Waals surface area contributed by atoms with Gasteiger partial charge in [-0.3, -0.25) is 9.59 Å². The normalized spacial score (nSPS) is 20.7. The molecule has 36 heavy (non-hydrogen) atoms. The number of amides is 2. The average molecular weight is 486 g/mol. The number of ether oxygens (including phenoxy) is 1. The first kappa shape index (κ1) is 22.4. The lowest BCUT2D eigenvalue weighted by atomic mass is 9.96. The number of piperidine rings is 1. The first-order valence-corrected chi connectivity index (χ1v) is 12.2. The number of aromatic nitrogens is 5. The minimum absolute atomic E-state index is 0.0821. The van der Waals surface area contributed by atoms with Gasteiger partial charge >= 0.3 is 0 Å². The Morgan fingerprint density at radius 3 is 2.92 bits per heavy atom. The summed E-state index contributed by atoms with van der Waals surface area (Å²) < 4.78 is 7.69. The van der Waals surface area contributed by atoms with Gasteiger partial charge in [0.15, 0.2) is 0 Å². The molecule has 0 saturated carbocycles. The number of hydrogen-bond acceptors (Lipinski definition) is 6. The minimum atomic E-state index is -0.287. The number of H-pyrrole nitrogens is 1. The number of likely N-dealkylation sites (tertiary alicyclic amines) is 1. The van der Waals surface area contributed by atoms with Crippen LogP contribution in [0.2, 0.25) is 0 Å². The Kier molecular flexibility index (Phi) is 5.73. The summed E-state index contributed by atoms with van der Waals surface area (Å²) in [6.07, 6.45) is 7.93. The van der Waals surface area contributed by atoms with Gasteiger partial charge in [-0.05, 0) is 48.7 Å². The molecule has 0 aromatic carbocycles. The molecule has 10 nitrogen and oxygen atoms in total. The van der Waals surface area contributed by atoms with Crippen molar-refractivity contribution in [3.05, 3.63) is 61.2 Å². The lowest BCUT2D eigenvalue weighted by molar-refractivity contribution is -0.146. The summed E-state index contributed by atoms with van der Waals surface area (Å²) in [4.78, 5) is 36.9. The summed E-state index contributed by atoms with van der Waals surface area (Å²) in [5.74, 6) is -0.226. The molecule has 2 atom stereocenters. The molecule has 0 spiro atoms. The zero-order valence-electron chi connectivity index (χ0n) is 19.8. The molecule has 6 rings (SSSR count). The maximum absolute atomic E-state index is 13.4. The van der Waals surface area contributed by atoms with Gasteiger partial charge in [-0.2, -0.15) is 14.8 Å². The van der Waals surface area contributed by atoms with Crippen LogP contribution in [0.3, 0.4) is 0 Å². The van der Waals surface area contributed by atoms with Crippen LogP contribution in [0.4, 0.5) is 0 Å². The largest absolute Gasteiger partial charge is 0.368 e. The molecule has 2 amide bonds. The van der Waals surface area contributed by atoms with Crippen molar-refractivity contribution in [3.8, 4) is 11.1 Å². The van der Waals surface area contributed by atoms with Crippen molar-refractivity contribution in [1.82, 2.24) is 34.6 Å². The highest BCUT2D eigenvalue weighted by Gasteiger charge is 2.34. The number of carbonyl (C=O) groups excluding carboxylic acids is 2. The van der Waals surface area contributed by atoms with Crippen LogP contribution < -0.4 is 0 Å².